The van der Waals surface area contributed by atoms with Crippen molar-refractivity contribution < 1.29 is 14.3 Å². The minimum atomic E-state index is -0.706. The number of nitrogens with one attached hydrogen (secondary N) is 1. The van der Waals surface area contributed by atoms with Gasteiger partial charge < -0.3 is 14.8 Å². The number of rotatable bonds is 2. The minimum absolute atomic E-state index is 0.163. The van der Waals surface area contributed by atoms with Crippen molar-refractivity contribution >= 4 is 23.3 Å². The number of pyridine rings is 1. The van der Waals surface area contributed by atoms with E-state index in [0.717, 1.165) is 0 Å². The largest absolute Gasteiger partial charge is 0.485 e. The molecule has 1 aromatic heterocycles. The maximum Gasteiger partial charge on any atom is 0.270 e. The summed E-state index contributed by atoms with van der Waals surface area (Å²) in [6, 6.07) is 10.5. The van der Waals surface area contributed by atoms with E-state index in [1.165, 1.54) is 6.20 Å². The van der Waals surface area contributed by atoms with E-state index >= 15 is 0 Å². The van der Waals surface area contributed by atoms with Crippen molar-refractivity contribution in [2.75, 3.05) is 11.9 Å². The highest BCUT2D eigenvalue weighted by molar-refractivity contribution is 6.30. The molecule has 0 bridgehead atoms. The summed E-state index contributed by atoms with van der Waals surface area (Å²) in [7, 11) is 0. The van der Waals surface area contributed by atoms with E-state index in [-0.39, 0.29) is 12.5 Å². The third-order valence-electron chi connectivity index (χ3n) is 2.78. The number of carbonyl (C=O) groups is 1. The van der Waals surface area contributed by atoms with Crippen LogP contribution in [0, 0.1) is 0 Å². The Morgan fingerprint density at radius 2 is 2.05 bits per heavy atom. The van der Waals surface area contributed by atoms with Crippen molar-refractivity contribution in [1.29, 1.82) is 0 Å². The first-order valence-electron chi connectivity index (χ1n) is 6.03. The number of ether oxygens (including phenoxy) is 2. The van der Waals surface area contributed by atoms with Crippen molar-refractivity contribution in [3.05, 3.63) is 47.6 Å². The summed E-state index contributed by atoms with van der Waals surface area (Å²) in [6.07, 6.45) is 0.757. The number of anilines is 1. The van der Waals surface area contributed by atoms with E-state index in [9.17, 15) is 4.79 Å². The Hall–Kier alpha value is -2.27. The smallest absolute Gasteiger partial charge is 0.270 e. The van der Waals surface area contributed by atoms with Crippen molar-refractivity contribution in [1.82, 2.24) is 4.98 Å². The number of hydrogen-bond donors (Lipinski definition) is 1. The van der Waals surface area contributed by atoms with Crippen LogP contribution >= 0.6 is 11.6 Å². The first-order valence-corrected chi connectivity index (χ1v) is 6.41. The average molecular weight is 291 g/mol. The Morgan fingerprint density at radius 3 is 2.80 bits per heavy atom. The van der Waals surface area contributed by atoms with E-state index in [1.807, 2.05) is 12.1 Å². The van der Waals surface area contributed by atoms with E-state index in [0.29, 0.717) is 22.3 Å². The van der Waals surface area contributed by atoms with Gasteiger partial charge in [0.25, 0.3) is 5.91 Å². The fourth-order valence-electron chi connectivity index (χ4n) is 1.81. The molecule has 102 valence electrons. The molecule has 0 saturated heterocycles. The van der Waals surface area contributed by atoms with E-state index in [2.05, 4.69) is 10.3 Å². The highest BCUT2D eigenvalue weighted by Gasteiger charge is 2.27. The number of nitrogens with zero attached hydrogens (tertiary/aromatic N) is 1. The molecule has 1 amide bonds. The van der Waals surface area contributed by atoms with Crippen LogP contribution < -0.4 is 14.8 Å². The number of aromatic nitrogens is 1. The minimum Gasteiger partial charge on any atom is -0.485 e. The fraction of sp³-hybridized carbons (Fsp3) is 0.143. The second-order valence-electron chi connectivity index (χ2n) is 4.22. The maximum absolute atomic E-state index is 12.1. The van der Waals surface area contributed by atoms with E-state index < -0.39 is 6.10 Å². The topological polar surface area (TPSA) is 60.5 Å². The summed E-state index contributed by atoms with van der Waals surface area (Å²) in [4.78, 5) is 16.1. The maximum atomic E-state index is 12.1. The molecule has 0 spiro atoms. The summed E-state index contributed by atoms with van der Waals surface area (Å²) in [6.45, 7) is 0.163. The van der Waals surface area contributed by atoms with Gasteiger partial charge in [0.15, 0.2) is 11.5 Å². The van der Waals surface area contributed by atoms with Gasteiger partial charge in [-0.25, -0.2) is 4.98 Å². The number of amides is 1. The SMILES string of the molecule is O=C(Nc1ccc(Cl)cn1)[C@H]1COc2ccccc2O1. The molecule has 1 aromatic carbocycles. The quantitative estimate of drug-likeness (QED) is 0.923. The van der Waals surface area contributed by atoms with Gasteiger partial charge in [-0.15, -0.1) is 0 Å². The molecule has 0 radical (unpaired) electrons. The van der Waals surface area contributed by atoms with Crippen LogP contribution in [0.2, 0.25) is 5.02 Å². The molecule has 2 aromatic rings. The monoisotopic (exact) mass is 290 g/mol. The highest BCUT2D eigenvalue weighted by atomic mass is 35.5. The summed E-state index contributed by atoms with van der Waals surface area (Å²) in [5.41, 5.74) is 0. The number of halogens is 1. The first kappa shape index (κ1) is 12.7. The highest BCUT2D eigenvalue weighted by Crippen LogP contribution is 2.31. The van der Waals surface area contributed by atoms with Gasteiger partial charge in [-0.3, -0.25) is 4.79 Å². The van der Waals surface area contributed by atoms with Gasteiger partial charge in [-0.2, -0.15) is 0 Å². The molecular weight excluding hydrogens is 280 g/mol. The number of benzene rings is 1. The third-order valence-corrected chi connectivity index (χ3v) is 3.00. The molecule has 0 aliphatic carbocycles. The summed E-state index contributed by atoms with van der Waals surface area (Å²) >= 11 is 5.73. The van der Waals surface area contributed by atoms with Crippen molar-refractivity contribution in [3.63, 3.8) is 0 Å². The molecular formula is C14H11ClN2O3. The molecule has 0 saturated carbocycles. The fourth-order valence-corrected chi connectivity index (χ4v) is 1.92. The lowest BCUT2D eigenvalue weighted by molar-refractivity contribution is -0.125. The standard InChI is InChI=1S/C14H11ClN2O3/c15-9-5-6-13(16-7-9)17-14(18)12-8-19-10-3-1-2-4-11(10)20-12/h1-7,12H,8H2,(H,16,17,18)/t12-/m1/s1. The molecule has 1 aliphatic heterocycles. The number of fused-ring (bicyclic) bond motifs is 1. The molecule has 20 heavy (non-hydrogen) atoms. The number of para-hydroxylation sites is 2. The van der Waals surface area contributed by atoms with Crippen molar-refractivity contribution in [2.24, 2.45) is 0 Å². The van der Waals surface area contributed by atoms with Gasteiger partial charge in [0.1, 0.15) is 12.4 Å². The van der Waals surface area contributed by atoms with E-state index in [4.69, 9.17) is 21.1 Å². The van der Waals surface area contributed by atoms with Crippen LogP contribution in [0.4, 0.5) is 5.82 Å². The molecule has 5 nitrogen and oxygen atoms in total. The summed E-state index contributed by atoms with van der Waals surface area (Å²) < 4.78 is 11.1. The van der Waals surface area contributed by atoms with Crippen LogP contribution in [-0.4, -0.2) is 23.6 Å². The molecule has 3 rings (SSSR count). The van der Waals surface area contributed by atoms with Gasteiger partial charge in [-0.05, 0) is 24.3 Å². The summed E-state index contributed by atoms with van der Waals surface area (Å²) in [5, 5.41) is 3.16. The lowest BCUT2D eigenvalue weighted by atomic mass is 10.2. The Labute approximate surface area is 120 Å². The molecule has 1 atom stereocenters. The number of carbonyl (C=O) groups excluding carboxylic acids is 1. The van der Waals surface area contributed by atoms with Crippen molar-refractivity contribution in [3.8, 4) is 11.5 Å². The Morgan fingerprint density at radius 1 is 1.25 bits per heavy atom. The van der Waals surface area contributed by atoms with Gasteiger partial charge in [0, 0.05) is 6.20 Å². The zero-order valence-electron chi connectivity index (χ0n) is 10.4. The Balaban J connectivity index is 1.68. The molecule has 6 heteroatoms. The zero-order chi connectivity index (χ0) is 13.9. The third kappa shape index (κ3) is 2.67. The molecule has 0 fully saturated rings. The van der Waals surface area contributed by atoms with Crippen LogP contribution in [0.15, 0.2) is 42.6 Å². The predicted molar refractivity (Wildman–Crippen MR) is 74.2 cm³/mol. The van der Waals surface area contributed by atoms with Gasteiger partial charge in [0.05, 0.1) is 5.02 Å². The lowest BCUT2D eigenvalue weighted by Gasteiger charge is -2.25. The van der Waals surface area contributed by atoms with Gasteiger partial charge >= 0.3 is 0 Å². The van der Waals surface area contributed by atoms with Crippen molar-refractivity contribution in [2.45, 2.75) is 6.10 Å². The molecule has 1 aliphatic rings. The second-order valence-corrected chi connectivity index (χ2v) is 4.65. The Bertz CT molecular complexity index is 631. The van der Waals surface area contributed by atoms with E-state index in [1.54, 1.807) is 24.3 Å². The predicted octanol–water partition coefficient (Wildman–Crippen LogP) is 2.51. The first-order chi connectivity index (χ1) is 9.72. The molecule has 2 heterocycles. The van der Waals surface area contributed by atoms with Crippen LogP contribution in [-0.2, 0) is 4.79 Å². The molecule has 1 N–H and O–H groups in total. The van der Waals surface area contributed by atoms with Crippen LogP contribution in [0.25, 0.3) is 0 Å². The zero-order valence-corrected chi connectivity index (χ0v) is 11.1. The van der Waals surface area contributed by atoms with Gasteiger partial charge in [-0.1, -0.05) is 23.7 Å². The Kier molecular flexibility index (Phi) is 3.43. The lowest BCUT2D eigenvalue weighted by Crippen LogP contribution is -2.40. The molecule has 0 unspecified atom stereocenters. The van der Waals surface area contributed by atoms with Crippen LogP contribution in [0.5, 0.6) is 11.5 Å². The number of hydrogen-bond acceptors (Lipinski definition) is 4. The van der Waals surface area contributed by atoms with Gasteiger partial charge in [0.2, 0.25) is 6.10 Å². The van der Waals surface area contributed by atoms with Crippen LogP contribution in [0.1, 0.15) is 0 Å². The van der Waals surface area contributed by atoms with Crippen LogP contribution in [0.3, 0.4) is 0 Å². The second kappa shape index (κ2) is 5.38. The summed E-state index contributed by atoms with van der Waals surface area (Å²) in [5.74, 6) is 1.31. The average Bonchev–Trinajstić information content (AvgIpc) is 2.49. The normalized spacial score (nSPS) is 16.6.